The molecule has 0 atom stereocenters. The van der Waals surface area contributed by atoms with Crippen LogP contribution in [-0.2, 0) is 14.1 Å². The lowest BCUT2D eigenvalue weighted by atomic mass is 9.85. The number of hydrogen-bond donors (Lipinski definition) is 2. The van der Waals surface area contributed by atoms with E-state index in [1.165, 1.54) is 12.1 Å². The second kappa shape index (κ2) is 10.1. The van der Waals surface area contributed by atoms with E-state index in [-0.39, 0.29) is 35.0 Å². The largest absolute Gasteiger partial charge is 0.504 e. The van der Waals surface area contributed by atoms with Crippen LogP contribution in [0, 0.1) is 13.8 Å². The van der Waals surface area contributed by atoms with Gasteiger partial charge in [0.1, 0.15) is 0 Å². The molecule has 2 aromatic heterocycles. The lowest BCUT2D eigenvalue weighted by Gasteiger charge is -2.17. The molecule has 0 aliphatic rings. The van der Waals surface area contributed by atoms with E-state index in [0.29, 0.717) is 39.5 Å². The number of phenols is 2. The molecule has 38 heavy (non-hydrogen) atoms. The molecule has 0 bridgehead atoms. The molecule has 5 aromatic rings. The van der Waals surface area contributed by atoms with E-state index >= 15 is 0 Å². The lowest BCUT2D eigenvalue weighted by molar-refractivity contribution is 0.403. The molecule has 0 saturated carbocycles. The van der Waals surface area contributed by atoms with Gasteiger partial charge in [-0.05, 0) is 55.8 Å². The molecule has 2 N–H and O–H groups in total. The van der Waals surface area contributed by atoms with Crippen LogP contribution in [0.4, 0.5) is 0 Å². The molecule has 8 nitrogen and oxygen atoms in total. The van der Waals surface area contributed by atoms with Crippen LogP contribution in [0.1, 0.15) is 34.0 Å². The smallest absolute Gasteiger partial charge is 0.275 e. The first-order valence-corrected chi connectivity index (χ1v) is 11.9. The van der Waals surface area contributed by atoms with Crippen molar-refractivity contribution in [3.8, 4) is 22.9 Å². The molecule has 9 heteroatoms. The van der Waals surface area contributed by atoms with Gasteiger partial charge in [-0.15, -0.1) is 12.4 Å². The standard InChI is InChI=1S/C29H28N4O4.ClH/c1-18-25(28(36)32(30(18)3)21-11-7-5-8-12-21)27(20-15-16-23(34)24(35)17-20)26-19(2)31(4)33(29(26)37)22-13-9-6-10-14-22;/h5-17,27,34-35H,1-4H3;1H. The average molecular weight is 533 g/mol. The summed E-state index contributed by atoms with van der Waals surface area (Å²) in [6, 6.07) is 23.0. The molecule has 0 spiro atoms. The van der Waals surface area contributed by atoms with Gasteiger partial charge in [0.2, 0.25) is 0 Å². The predicted molar refractivity (Wildman–Crippen MR) is 149 cm³/mol. The van der Waals surface area contributed by atoms with Crippen LogP contribution in [0.25, 0.3) is 11.4 Å². The van der Waals surface area contributed by atoms with Crippen molar-refractivity contribution in [1.82, 2.24) is 18.7 Å². The Morgan fingerprint density at radius 2 is 1.05 bits per heavy atom. The van der Waals surface area contributed by atoms with Gasteiger partial charge in [-0.3, -0.25) is 19.0 Å². The quantitative estimate of drug-likeness (QED) is 0.330. The van der Waals surface area contributed by atoms with Gasteiger partial charge in [0.05, 0.1) is 22.5 Å². The van der Waals surface area contributed by atoms with Crippen LogP contribution < -0.4 is 11.1 Å². The van der Waals surface area contributed by atoms with Crippen LogP contribution in [-0.4, -0.2) is 28.9 Å². The van der Waals surface area contributed by atoms with Gasteiger partial charge in [-0.2, -0.15) is 0 Å². The Hall–Kier alpha value is -4.43. The minimum Gasteiger partial charge on any atom is -0.504 e. The van der Waals surface area contributed by atoms with Gasteiger partial charge >= 0.3 is 0 Å². The highest BCUT2D eigenvalue weighted by Crippen LogP contribution is 2.37. The Morgan fingerprint density at radius 3 is 1.45 bits per heavy atom. The summed E-state index contributed by atoms with van der Waals surface area (Å²) in [6.07, 6.45) is 0. The summed E-state index contributed by atoms with van der Waals surface area (Å²) in [4.78, 5) is 28.1. The average Bonchev–Trinajstić information content (AvgIpc) is 3.25. The van der Waals surface area contributed by atoms with Crippen LogP contribution >= 0.6 is 12.4 Å². The third kappa shape index (κ3) is 4.13. The first-order valence-electron chi connectivity index (χ1n) is 11.9. The summed E-state index contributed by atoms with van der Waals surface area (Å²) >= 11 is 0. The third-order valence-electron chi connectivity index (χ3n) is 7.11. The summed E-state index contributed by atoms with van der Waals surface area (Å²) in [5.41, 5.74) is 3.58. The second-order valence-corrected chi connectivity index (χ2v) is 9.13. The Bertz CT molecular complexity index is 1630. The number of phenolic OH excluding ortho intramolecular Hbond substituents is 2. The first-order chi connectivity index (χ1) is 17.7. The highest BCUT2D eigenvalue weighted by molar-refractivity contribution is 5.85. The number of rotatable bonds is 5. The number of aromatic hydroxyl groups is 2. The molecular weight excluding hydrogens is 504 g/mol. The Kier molecular flexibility index (Phi) is 7.11. The van der Waals surface area contributed by atoms with E-state index in [0.717, 1.165) is 0 Å². The highest BCUT2D eigenvalue weighted by Gasteiger charge is 2.33. The maximum absolute atomic E-state index is 14.0. The molecule has 0 amide bonds. The number of hydrogen-bond acceptors (Lipinski definition) is 4. The van der Waals surface area contributed by atoms with E-state index in [1.54, 1.807) is 38.9 Å². The van der Waals surface area contributed by atoms with E-state index in [2.05, 4.69) is 0 Å². The zero-order valence-electron chi connectivity index (χ0n) is 21.5. The number of benzene rings is 3. The fraction of sp³-hybridized carbons (Fsp3) is 0.172. The van der Waals surface area contributed by atoms with Crippen molar-refractivity contribution in [3.05, 3.63) is 128 Å². The summed E-state index contributed by atoms with van der Waals surface area (Å²) < 4.78 is 6.69. The maximum atomic E-state index is 14.0. The van der Waals surface area contributed by atoms with Crippen molar-refractivity contribution in [2.75, 3.05) is 0 Å². The molecule has 2 heterocycles. The summed E-state index contributed by atoms with van der Waals surface area (Å²) in [5, 5.41) is 20.4. The van der Waals surface area contributed by atoms with Gasteiger partial charge < -0.3 is 10.2 Å². The minimum absolute atomic E-state index is 0. The topological polar surface area (TPSA) is 94.3 Å². The second-order valence-electron chi connectivity index (χ2n) is 9.13. The Balaban J connectivity index is 0.00000336. The molecule has 3 aromatic carbocycles. The monoisotopic (exact) mass is 532 g/mol. The van der Waals surface area contributed by atoms with E-state index in [4.69, 9.17) is 0 Å². The van der Waals surface area contributed by atoms with Gasteiger partial charge in [0.15, 0.2) is 11.5 Å². The Morgan fingerprint density at radius 1 is 0.632 bits per heavy atom. The van der Waals surface area contributed by atoms with E-state index in [9.17, 15) is 19.8 Å². The van der Waals surface area contributed by atoms with Gasteiger partial charge in [0, 0.05) is 31.4 Å². The van der Waals surface area contributed by atoms with Crippen molar-refractivity contribution >= 4 is 12.4 Å². The number of nitrogens with zero attached hydrogens (tertiary/aromatic N) is 4. The molecule has 0 radical (unpaired) electrons. The zero-order chi connectivity index (χ0) is 26.4. The SMILES string of the molecule is Cc1c(C(c2ccc(O)c(O)c2)c2c(C)n(C)n(-c3ccccc3)c2=O)c(=O)n(-c2ccccc2)n1C.Cl. The van der Waals surface area contributed by atoms with Gasteiger partial charge in [0.25, 0.3) is 11.1 Å². The van der Waals surface area contributed by atoms with E-state index in [1.807, 2.05) is 74.5 Å². The van der Waals surface area contributed by atoms with Crippen molar-refractivity contribution in [3.63, 3.8) is 0 Å². The fourth-order valence-corrected chi connectivity index (χ4v) is 5.04. The molecule has 0 aliphatic heterocycles. The minimum atomic E-state index is -0.793. The molecule has 5 rings (SSSR count). The molecule has 0 aliphatic carbocycles. The van der Waals surface area contributed by atoms with Crippen molar-refractivity contribution < 1.29 is 10.2 Å². The fourth-order valence-electron chi connectivity index (χ4n) is 5.04. The summed E-state index contributed by atoms with van der Waals surface area (Å²) in [6.45, 7) is 3.69. The van der Waals surface area contributed by atoms with Crippen LogP contribution in [0.5, 0.6) is 11.5 Å². The van der Waals surface area contributed by atoms with E-state index < -0.39 is 5.92 Å². The predicted octanol–water partition coefficient (Wildman–Crippen LogP) is 4.30. The molecular formula is C29H29ClN4O4. The van der Waals surface area contributed by atoms with Crippen LogP contribution in [0.2, 0.25) is 0 Å². The number of aromatic nitrogens is 4. The van der Waals surface area contributed by atoms with Crippen molar-refractivity contribution in [1.29, 1.82) is 0 Å². The lowest BCUT2D eigenvalue weighted by Crippen LogP contribution is -2.26. The first kappa shape index (κ1) is 26.6. The van der Waals surface area contributed by atoms with Crippen LogP contribution in [0.15, 0.2) is 88.5 Å². The van der Waals surface area contributed by atoms with Crippen molar-refractivity contribution in [2.24, 2.45) is 14.1 Å². The van der Waals surface area contributed by atoms with Crippen LogP contribution in [0.3, 0.4) is 0 Å². The third-order valence-corrected chi connectivity index (χ3v) is 7.11. The Labute approximate surface area is 225 Å². The van der Waals surface area contributed by atoms with Gasteiger partial charge in [-0.1, -0.05) is 42.5 Å². The zero-order valence-corrected chi connectivity index (χ0v) is 22.3. The molecule has 0 unspecified atom stereocenters. The summed E-state index contributed by atoms with van der Waals surface area (Å²) in [5.74, 6) is -1.39. The molecule has 0 saturated heterocycles. The highest BCUT2D eigenvalue weighted by atomic mass is 35.5. The van der Waals surface area contributed by atoms with Gasteiger partial charge in [-0.25, -0.2) is 9.36 Å². The maximum Gasteiger partial charge on any atom is 0.275 e. The number of halogens is 1. The van der Waals surface area contributed by atoms with Crippen molar-refractivity contribution in [2.45, 2.75) is 19.8 Å². The summed E-state index contributed by atoms with van der Waals surface area (Å²) in [7, 11) is 3.61. The normalized spacial score (nSPS) is 11.1. The number of para-hydroxylation sites is 2. The molecule has 0 fully saturated rings. The molecule has 196 valence electrons.